The van der Waals surface area contributed by atoms with Gasteiger partial charge in [0.2, 0.25) is 0 Å². The maximum Gasteiger partial charge on any atom is 0.147 e. The average Bonchev–Trinajstić information content (AvgIpc) is 2.68. The van der Waals surface area contributed by atoms with Crippen LogP contribution in [0.4, 0.5) is 0 Å². The van der Waals surface area contributed by atoms with Crippen LogP contribution in [0.25, 0.3) is 0 Å². The summed E-state index contributed by atoms with van der Waals surface area (Å²) in [5.41, 5.74) is 6.20. The van der Waals surface area contributed by atoms with Crippen molar-refractivity contribution in [1.29, 1.82) is 0 Å². The molecule has 4 heteroatoms. The van der Waals surface area contributed by atoms with Gasteiger partial charge in [-0.15, -0.1) is 0 Å². The monoisotopic (exact) mass is 462 g/mol. The molecule has 4 nitrogen and oxygen atoms in total. The van der Waals surface area contributed by atoms with Gasteiger partial charge in [-0.1, -0.05) is 88.1 Å². The van der Waals surface area contributed by atoms with Gasteiger partial charge in [0.25, 0.3) is 0 Å². The fourth-order valence-electron chi connectivity index (χ4n) is 3.39. The van der Waals surface area contributed by atoms with Gasteiger partial charge in [0.15, 0.2) is 0 Å². The van der Waals surface area contributed by atoms with E-state index in [1.165, 1.54) is 11.1 Å². The minimum atomic E-state index is 0.231. The lowest BCUT2D eigenvalue weighted by Gasteiger charge is -2.20. The molecule has 0 amide bonds. The lowest BCUT2D eigenvalue weighted by molar-refractivity contribution is 0.413. The highest BCUT2D eigenvalue weighted by atomic mass is 15.2. The second kappa shape index (κ2) is 15.7. The van der Waals surface area contributed by atoms with Crippen LogP contribution in [0.2, 0.25) is 0 Å². The van der Waals surface area contributed by atoms with Crippen LogP contribution in [0.1, 0.15) is 54.4 Å². The van der Waals surface area contributed by atoms with Gasteiger partial charge < -0.3 is 10.2 Å². The Morgan fingerprint density at radius 2 is 1.74 bits per heavy atom. The second-order valence-corrected chi connectivity index (χ2v) is 9.84. The molecule has 0 unspecified atom stereocenters. The van der Waals surface area contributed by atoms with Crippen molar-refractivity contribution in [3.05, 3.63) is 96.7 Å². The summed E-state index contributed by atoms with van der Waals surface area (Å²) >= 11 is 0. The topological polar surface area (TPSA) is 40.0 Å². The van der Waals surface area contributed by atoms with E-state index in [9.17, 15) is 0 Å². The van der Waals surface area contributed by atoms with Gasteiger partial charge >= 0.3 is 0 Å². The van der Waals surface area contributed by atoms with Crippen LogP contribution in [0.5, 0.6) is 0 Å². The molecule has 0 saturated heterocycles. The molecule has 0 radical (unpaired) electrons. The number of rotatable bonds is 15. The van der Waals surface area contributed by atoms with Crippen LogP contribution in [-0.2, 0) is 0 Å². The molecule has 1 N–H and O–H groups in total. The molecule has 0 saturated carbocycles. The molecule has 0 bridgehead atoms. The van der Waals surface area contributed by atoms with Gasteiger partial charge in [-0.05, 0) is 57.4 Å². The van der Waals surface area contributed by atoms with Gasteiger partial charge in [0, 0.05) is 20.1 Å². The first-order valence-electron chi connectivity index (χ1n) is 11.7. The molecule has 0 spiro atoms. The van der Waals surface area contributed by atoms with Crippen molar-refractivity contribution in [3.8, 4) is 0 Å². The Kier molecular flexibility index (Phi) is 14.2. The number of nitrogens with one attached hydrogen (secondary N) is 1. The molecule has 0 aromatic rings. The number of hydrogen-bond donors (Lipinski definition) is 1. The fourth-order valence-corrected chi connectivity index (χ4v) is 3.39. The van der Waals surface area contributed by atoms with Gasteiger partial charge in [-0.2, -0.15) is 0 Å². The van der Waals surface area contributed by atoms with Crippen LogP contribution in [0.15, 0.2) is 107 Å². The summed E-state index contributed by atoms with van der Waals surface area (Å²) in [6, 6.07) is 0. The van der Waals surface area contributed by atoms with E-state index in [1.54, 1.807) is 12.3 Å². The smallest absolute Gasteiger partial charge is 0.147 e. The Hall–Kier alpha value is -3.14. The van der Waals surface area contributed by atoms with E-state index in [0.29, 0.717) is 23.8 Å². The molecule has 0 rings (SSSR count). The van der Waals surface area contributed by atoms with Crippen LogP contribution in [0.3, 0.4) is 0 Å². The van der Waals surface area contributed by atoms with Crippen molar-refractivity contribution in [1.82, 2.24) is 10.2 Å². The van der Waals surface area contributed by atoms with Gasteiger partial charge in [0.1, 0.15) is 5.82 Å². The summed E-state index contributed by atoms with van der Waals surface area (Å²) in [7, 11) is 1.94. The highest BCUT2D eigenvalue weighted by molar-refractivity contribution is 6.07. The predicted molar refractivity (Wildman–Crippen MR) is 154 cm³/mol. The predicted octanol–water partition coefficient (Wildman–Crippen LogP) is 7.56. The first-order chi connectivity index (χ1) is 15.8. The minimum Gasteiger partial charge on any atom is -0.383 e. The number of aliphatic imine (C=N–C) groups is 2. The average molecular weight is 463 g/mol. The number of likely N-dealkylation sites (N-methyl/N-ethyl adjacent to an activating group) is 1. The lowest BCUT2D eigenvalue weighted by Crippen LogP contribution is -2.23. The fraction of sp³-hybridized carbons (Fsp3) is 0.400. The Morgan fingerprint density at radius 3 is 2.24 bits per heavy atom. The van der Waals surface area contributed by atoms with Crippen molar-refractivity contribution in [2.45, 2.75) is 54.4 Å². The summed E-state index contributed by atoms with van der Waals surface area (Å²) < 4.78 is 0. The van der Waals surface area contributed by atoms with Crippen molar-refractivity contribution >= 4 is 12.4 Å². The maximum atomic E-state index is 4.68. The first kappa shape index (κ1) is 30.9. The minimum absolute atomic E-state index is 0.231. The Labute approximate surface area is 209 Å². The lowest BCUT2D eigenvalue weighted by atomic mass is 9.88. The summed E-state index contributed by atoms with van der Waals surface area (Å²) in [4.78, 5) is 10.5. The van der Waals surface area contributed by atoms with Gasteiger partial charge in [0.05, 0.1) is 17.6 Å². The standard InChI is InChI=1S/C30H46N4/c1-13-15-27(19-24(5)18-25(6)20-30(8,9)10)16-17-32-26(7)28(14-2)33-29(21-31-11)34(12)22-23(3)4/h13-15,18-19,21,32H,2-3,6-7,11,16-17,20,22H2,1,4-5,8-10,12H3/b15-13-,24-18+,27-19+,29-21-,33-28+. The normalized spacial score (nSPS) is 13.6. The van der Waals surface area contributed by atoms with E-state index in [4.69, 9.17) is 0 Å². The van der Waals surface area contributed by atoms with E-state index in [1.807, 2.05) is 25.8 Å². The first-order valence-corrected chi connectivity index (χ1v) is 11.7. The number of allylic oxidation sites excluding steroid dienone is 7. The van der Waals surface area contributed by atoms with Gasteiger partial charge in [-0.25, -0.2) is 4.99 Å². The number of nitrogens with zero attached hydrogens (tertiary/aromatic N) is 3. The highest BCUT2D eigenvalue weighted by Crippen LogP contribution is 2.24. The molecule has 0 aromatic carbocycles. The quantitative estimate of drug-likeness (QED) is 0.155. The van der Waals surface area contributed by atoms with Crippen LogP contribution < -0.4 is 5.32 Å². The summed E-state index contributed by atoms with van der Waals surface area (Å²) in [6.45, 7) is 34.0. The van der Waals surface area contributed by atoms with E-state index >= 15 is 0 Å². The van der Waals surface area contributed by atoms with E-state index < -0.39 is 0 Å². The third-order valence-corrected chi connectivity index (χ3v) is 4.58. The van der Waals surface area contributed by atoms with Crippen molar-refractivity contribution < 1.29 is 0 Å². The zero-order valence-electron chi connectivity index (χ0n) is 22.7. The largest absolute Gasteiger partial charge is 0.383 e. The number of hydrogen-bond acceptors (Lipinski definition) is 4. The Balaban J connectivity index is 5.34. The molecule has 0 fully saturated rings. The summed E-state index contributed by atoms with van der Waals surface area (Å²) in [5, 5.41) is 3.38. The zero-order chi connectivity index (χ0) is 26.3. The molecule has 0 aliphatic rings. The van der Waals surface area contributed by atoms with Gasteiger partial charge in [-0.3, -0.25) is 4.99 Å². The molecule has 34 heavy (non-hydrogen) atoms. The Bertz CT molecular complexity index is 899. The van der Waals surface area contributed by atoms with Crippen molar-refractivity contribution in [3.63, 3.8) is 0 Å². The molecule has 0 atom stereocenters. The summed E-state index contributed by atoms with van der Waals surface area (Å²) in [6.07, 6.45) is 13.7. The third-order valence-electron chi connectivity index (χ3n) is 4.58. The molecule has 0 aromatic heterocycles. The molecule has 0 aliphatic carbocycles. The van der Waals surface area contributed by atoms with E-state index in [0.717, 1.165) is 30.5 Å². The van der Waals surface area contributed by atoms with Crippen LogP contribution >= 0.6 is 0 Å². The second-order valence-electron chi connectivity index (χ2n) is 9.84. The molecular formula is C30H46N4. The molecule has 186 valence electrons. The van der Waals surface area contributed by atoms with E-state index in [2.05, 4.69) is 100 Å². The van der Waals surface area contributed by atoms with Crippen molar-refractivity contribution in [2.24, 2.45) is 15.4 Å². The molecule has 0 aliphatic heterocycles. The van der Waals surface area contributed by atoms with E-state index in [-0.39, 0.29) is 5.41 Å². The van der Waals surface area contributed by atoms with Crippen molar-refractivity contribution in [2.75, 3.05) is 20.1 Å². The zero-order valence-corrected chi connectivity index (χ0v) is 22.7. The molecular weight excluding hydrogens is 416 g/mol. The maximum absolute atomic E-state index is 4.68. The Morgan fingerprint density at radius 1 is 1.09 bits per heavy atom. The highest BCUT2D eigenvalue weighted by Gasteiger charge is 2.11. The SMILES string of the molecule is C=C/C(=N\C(=C\N=C)N(C)CC(=C)C)C(=C)NCCC(/C=C\C)=C/C(C)=C/C(=C)CC(C)(C)C. The van der Waals surface area contributed by atoms with Crippen LogP contribution in [-0.4, -0.2) is 37.5 Å². The summed E-state index contributed by atoms with van der Waals surface area (Å²) in [5.74, 6) is 0.668. The van der Waals surface area contributed by atoms with Crippen LogP contribution in [0, 0.1) is 5.41 Å². The molecule has 0 heterocycles. The third kappa shape index (κ3) is 14.1.